The van der Waals surface area contributed by atoms with Crippen molar-refractivity contribution >= 4 is 45.2 Å². The molecule has 0 aliphatic carbocycles. The maximum absolute atomic E-state index is 13.8. The Morgan fingerprint density at radius 3 is 2.43 bits per heavy atom. The summed E-state index contributed by atoms with van der Waals surface area (Å²) in [6.07, 6.45) is 0.897. The average Bonchev–Trinajstić information content (AvgIpc) is 2.75. The molecule has 30 heavy (non-hydrogen) atoms. The molecule has 9 heteroatoms. The Morgan fingerprint density at radius 1 is 1.07 bits per heavy atom. The first kappa shape index (κ1) is 21.8. The molecule has 0 saturated carbocycles. The SMILES string of the molecule is O=C(COC(=O)C1CCN(C(=O)Nc2ccccc2)CC1)Nc1ccc(Br)cc1F. The number of halogens is 2. The summed E-state index contributed by atoms with van der Waals surface area (Å²) in [7, 11) is 0. The molecule has 2 aromatic carbocycles. The Kier molecular flexibility index (Phi) is 7.40. The Balaban J connectivity index is 1.40. The molecule has 3 amide bonds. The second-order valence-corrected chi connectivity index (χ2v) is 7.75. The fourth-order valence-corrected chi connectivity index (χ4v) is 3.41. The van der Waals surface area contributed by atoms with Crippen LogP contribution in [-0.2, 0) is 14.3 Å². The van der Waals surface area contributed by atoms with Crippen molar-refractivity contribution in [3.05, 3.63) is 58.8 Å². The van der Waals surface area contributed by atoms with E-state index in [2.05, 4.69) is 26.6 Å². The molecule has 1 fully saturated rings. The summed E-state index contributed by atoms with van der Waals surface area (Å²) in [6, 6.07) is 13.1. The first-order chi connectivity index (χ1) is 14.4. The van der Waals surface area contributed by atoms with E-state index in [0.29, 0.717) is 36.1 Å². The largest absolute Gasteiger partial charge is 0.455 e. The third-order valence-corrected chi connectivity index (χ3v) is 5.18. The van der Waals surface area contributed by atoms with Crippen LogP contribution in [0.25, 0.3) is 0 Å². The van der Waals surface area contributed by atoms with Crippen molar-refractivity contribution in [2.45, 2.75) is 12.8 Å². The lowest BCUT2D eigenvalue weighted by atomic mass is 9.97. The summed E-state index contributed by atoms with van der Waals surface area (Å²) in [5.74, 6) is -2.10. The molecule has 3 rings (SSSR count). The maximum atomic E-state index is 13.8. The van der Waals surface area contributed by atoms with E-state index in [1.807, 2.05) is 18.2 Å². The van der Waals surface area contributed by atoms with Gasteiger partial charge in [-0.05, 0) is 43.2 Å². The quantitative estimate of drug-likeness (QED) is 0.636. The zero-order chi connectivity index (χ0) is 21.5. The predicted octanol–water partition coefficient (Wildman–Crippen LogP) is 4.01. The number of esters is 1. The van der Waals surface area contributed by atoms with Crippen LogP contribution in [0.15, 0.2) is 53.0 Å². The first-order valence-electron chi connectivity index (χ1n) is 9.45. The number of carbonyl (C=O) groups is 3. The monoisotopic (exact) mass is 477 g/mol. The lowest BCUT2D eigenvalue weighted by Crippen LogP contribution is -2.43. The number of likely N-dealkylation sites (tertiary alicyclic amines) is 1. The van der Waals surface area contributed by atoms with Gasteiger partial charge in [0.2, 0.25) is 0 Å². The Hall–Kier alpha value is -2.94. The van der Waals surface area contributed by atoms with Gasteiger partial charge >= 0.3 is 12.0 Å². The molecule has 158 valence electrons. The van der Waals surface area contributed by atoms with Crippen LogP contribution in [0.2, 0.25) is 0 Å². The number of anilines is 2. The Labute approximate surface area is 181 Å². The highest BCUT2D eigenvalue weighted by Gasteiger charge is 2.28. The maximum Gasteiger partial charge on any atom is 0.321 e. The second-order valence-electron chi connectivity index (χ2n) is 6.84. The predicted molar refractivity (Wildman–Crippen MR) is 113 cm³/mol. The minimum atomic E-state index is -0.621. The summed E-state index contributed by atoms with van der Waals surface area (Å²) in [6.45, 7) is 0.326. The molecule has 1 aliphatic rings. The molecule has 0 bridgehead atoms. The van der Waals surface area contributed by atoms with Crippen LogP contribution >= 0.6 is 15.9 Å². The minimum absolute atomic E-state index is 0.0111. The number of para-hydroxylation sites is 1. The van der Waals surface area contributed by atoms with Gasteiger partial charge in [-0.15, -0.1) is 0 Å². The number of amides is 3. The van der Waals surface area contributed by atoms with Crippen LogP contribution in [0.5, 0.6) is 0 Å². The number of hydrogen-bond donors (Lipinski definition) is 2. The van der Waals surface area contributed by atoms with E-state index < -0.39 is 24.3 Å². The zero-order valence-electron chi connectivity index (χ0n) is 16.1. The smallest absolute Gasteiger partial charge is 0.321 e. The number of benzene rings is 2. The van der Waals surface area contributed by atoms with Gasteiger partial charge in [0, 0.05) is 23.2 Å². The number of carbonyl (C=O) groups excluding carboxylic acids is 3. The van der Waals surface area contributed by atoms with Crippen molar-refractivity contribution in [1.82, 2.24) is 4.90 Å². The van der Waals surface area contributed by atoms with Gasteiger partial charge in [-0.1, -0.05) is 34.1 Å². The molecule has 0 spiro atoms. The molecule has 1 aliphatic heterocycles. The van der Waals surface area contributed by atoms with E-state index in [4.69, 9.17) is 4.74 Å². The van der Waals surface area contributed by atoms with Gasteiger partial charge in [-0.3, -0.25) is 9.59 Å². The molecule has 0 aromatic heterocycles. The topological polar surface area (TPSA) is 87.7 Å². The summed E-state index contributed by atoms with van der Waals surface area (Å²) < 4.78 is 19.4. The number of nitrogens with zero attached hydrogens (tertiary/aromatic N) is 1. The summed E-state index contributed by atoms with van der Waals surface area (Å²) in [5, 5.41) is 5.18. The van der Waals surface area contributed by atoms with Gasteiger partial charge in [-0.2, -0.15) is 0 Å². The highest BCUT2D eigenvalue weighted by atomic mass is 79.9. The lowest BCUT2D eigenvalue weighted by molar-refractivity contribution is -0.152. The van der Waals surface area contributed by atoms with Crippen molar-refractivity contribution in [3.8, 4) is 0 Å². The zero-order valence-corrected chi connectivity index (χ0v) is 17.7. The second kappa shape index (κ2) is 10.2. The van der Waals surface area contributed by atoms with E-state index in [0.717, 1.165) is 0 Å². The molecule has 1 saturated heterocycles. The van der Waals surface area contributed by atoms with Crippen LogP contribution in [0, 0.1) is 11.7 Å². The standard InChI is InChI=1S/C21H21BrFN3O4/c22-15-6-7-18(17(23)12-15)25-19(27)13-30-20(28)14-8-10-26(11-9-14)21(29)24-16-4-2-1-3-5-16/h1-7,12,14H,8-11,13H2,(H,24,29)(H,25,27). The number of rotatable bonds is 5. The van der Waals surface area contributed by atoms with E-state index in [1.54, 1.807) is 23.1 Å². The Morgan fingerprint density at radius 2 is 1.77 bits per heavy atom. The molecular formula is C21H21BrFN3O4. The van der Waals surface area contributed by atoms with E-state index in [9.17, 15) is 18.8 Å². The van der Waals surface area contributed by atoms with Gasteiger partial charge in [0.05, 0.1) is 11.6 Å². The fourth-order valence-electron chi connectivity index (χ4n) is 3.07. The number of hydrogen-bond acceptors (Lipinski definition) is 4. The number of urea groups is 1. The van der Waals surface area contributed by atoms with Crippen molar-refractivity contribution in [1.29, 1.82) is 0 Å². The van der Waals surface area contributed by atoms with Crippen LogP contribution in [-0.4, -0.2) is 42.5 Å². The Bertz CT molecular complexity index is 918. The number of nitrogens with one attached hydrogen (secondary N) is 2. The van der Waals surface area contributed by atoms with Crippen LogP contribution in [0.3, 0.4) is 0 Å². The first-order valence-corrected chi connectivity index (χ1v) is 10.2. The molecule has 0 radical (unpaired) electrons. The van der Waals surface area contributed by atoms with Crippen molar-refractivity contribution in [2.75, 3.05) is 30.3 Å². The summed E-state index contributed by atoms with van der Waals surface area (Å²) in [4.78, 5) is 38.1. The van der Waals surface area contributed by atoms with E-state index >= 15 is 0 Å². The number of piperidine rings is 1. The van der Waals surface area contributed by atoms with Crippen LogP contribution < -0.4 is 10.6 Å². The van der Waals surface area contributed by atoms with Crippen LogP contribution in [0.1, 0.15) is 12.8 Å². The third kappa shape index (κ3) is 6.03. The van der Waals surface area contributed by atoms with Crippen molar-refractivity contribution in [3.63, 3.8) is 0 Å². The number of ether oxygens (including phenoxy) is 1. The molecule has 0 unspecified atom stereocenters. The highest BCUT2D eigenvalue weighted by molar-refractivity contribution is 9.10. The molecule has 2 N–H and O–H groups in total. The van der Waals surface area contributed by atoms with Gasteiger partial charge in [0.1, 0.15) is 5.82 Å². The summed E-state index contributed by atoms with van der Waals surface area (Å²) >= 11 is 3.14. The van der Waals surface area contributed by atoms with E-state index in [-0.39, 0.29) is 17.6 Å². The third-order valence-electron chi connectivity index (χ3n) is 4.69. The van der Waals surface area contributed by atoms with Gasteiger partial charge in [0.15, 0.2) is 6.61 Å². The molecular weight excluding hydrogens is 457 g/mol. The van der Waals surface area contributed by atoms with Crippen LogP contribution in [0.4, 0.5) is 20.6 Å². The highest BCUT2D eigenvalue weighted by Crippen LogP contribution is 2.21. The van der Waals surface area contributed by atoms with Crippen molar-refractivity contribution in [2.24, 2.45) is 5.92 Å². The van der Waals surface area contributed by atoms with E-state index in [1.165, 1.54) is 12.1 Å². The molecule has 2 aromatic rings. The molecule has 0 atom stereocenters. The summed E-state index contributed by atoms with van der Waals surface area (Å²) in [5.41, 5.74) is 0.717. The minimum Gasteiger partial charge on any atom is -0.455 e. The lowest BCUT2D eigenvalue weighted by Gasteiger charge is -2.30. The average molecular weight is 478 g/mol. The normalized spacial score (nSPS) is 14.1. The molecule has 7 nitrogen and oxygen atoms in total. The van der Waals surface area contributed by atoms with Gasteiger partial charge < -0.3 is 20.3 Å². The van der Waals surface area contributed by atoms with Gasteiger partial charge in [-0.25, -0.2) is 9.18 Å². The fraction of sp³-hybridized carbons (Fsp3) is 0.286. The molecule has 1 heterocycles. The van der Waals surface area contributed by atoms with Crippen molar-refractivity contribution < 1.29 is 23.5 Å². The van der Waals surface area contributed by atoms with Gasteiger partial charge in [0.25, 0.3) is 5.91 Å².